The van der Waals surface area contributed by atoms with Crippen LogP contribution in [0.25, 0.3) is 33.0 Å². The highest BCUT2D eigenvalue weighted by molar-refractivity contribution is 7.89. The van der Waals surface area contributed by atoms with Crippen molar-refractivity contribution in [2.24, 2.45) is 0 Å². The fourth-order valence-corrected chi connectivity index (χ4v) is 5.97. The maximum atomic E-state index is 13.3. The van der Waals surface area contributed by atoms with Crippen LogP contribution in [0.5, 0.6) is 0 Å². The Kier molecular flexibility index (Phi) is 5.80. The van der Waals surface area contributed by atoms with Gasteiger partial charge in [-0.1, -0.05) is 115 Å². The topological polar surface area (TPSA) is 34.1 Å². The maximum Gasteiger partial charge on any atom is 0.158 e. The lowest BCUT2D eigenvalue weighted by Gasteiger charge is -2.18. The zero-order valence-electron chi connectivity index (χ0n) is 18.2. The van der Waals surface area contributed by atoms with Crippen LogP contribution in [0.1, 0.15) is 11.1 Å². The van der Waals surface area contributed by atoms with Crippen molar-refractivity contribution in [1.29, 1.82) is 0 Å². The van der Waals surface area contributed by atoms with Gasteiger partial charge in [-0.3, -0.25) is 0 Å². The van der Waals surface area contributed by atoms with E-state index >= 15 is 0 Å². The van der Waals surface area contributed by atoms with E-state index in [0.717, 1.165) is 44.2 Å². The van der Waals surface area contributed by atoms with Gasteiger partial charge in [-0.25, -0.2) is 8.42 Å². The van der Waals surface area contributed by atoms with Crippen molar-refractivity contribution >= 4 is 20.6 Å². The van der Waals surface area contributed by atoms with Crippen LogP contribution in [0.4, 0.5) is 0 Å². The van der Waals surface area contributed by atoms with Crippen molar-refractivity contribution in [3.63, 3.8) is 0 Å². The van der Waals surface area contributed by atoms with Gasteiger partial charge in [-0.15, -0.1) is 0 Å². The molecule has 0 bridgehead atoms. The zero-order chi connectivity index (χ0) is 22.7. The van der Waals surface area contributed by atoms with Crippen LogP contribution in [-0.4, -0.2) is 8.42 Å². The van der Waals surface area contributed by atoms with Crippen LogP contribution in [0.15, 0.2) is 121 Å². The average molecular weight is 449 g/mol. The van der Waals surface area contributed by atoms with Gasteiger partial charge < -0.3 is 0 Å². The highest BCUT2D eigenvalue weighted by Gasteiger charge is 2.20. The molecule has 0 aliphatic rings. The first-order chi connectivity index (χ1) is 16.1. The number of sulfone groups is 1. The Morgan fingerprint density at radius 1 is 0.515 bits per heavy atom. The first kappa shape index (κ1) is 21.2. The molecule has 5 aromatic carbocycles. The predicted molar refractivity (Wildman–Crippen MR) is 138 cm³/mol. The molecule has 0 saturated heterocycles. The summed E-state index contributed by atoms with van der Waals surface area (Å²) in [6.07, 6.45) is 0. The second-order valence-corrected chi connectivity index (χ2v) is 10.3. The molecule has 0 radical (unpaired) electrons. The fourth-order valence-electron chi connectivity index (χ4n) is 4.47. The number of benzene rings is 5. The van der Waals surface area contributed by atoms with Crippen molar-refractivity contribution < 1.29 is 8.42 Å². The summed E-state index contributed by atoms with van der Waals surface area (Å²) in [4.78, 5) is 0. The molecule has 0 atom stereocenters. The first-order valence-electron chi connectivity index (χ1n) is 11.0. The fraction of sp³-hybridized carbons (Fsp3) is 0.0667. The van der Waals surface area contributed by atoms with Crippen molar-refractivity contribution in [1.82, 2.24) is 0 Å². The zero-order valence-corrected chi connectivity index (χ0v) is 19.0. The summed E-state index contributed by atoms with van der Waals surface area (Å²) in [6, 6.07) is 40.0. The van der Waals surface area contributed by atoms with E-state index in [-0.39, 0.29) is 11.5 Å². The predicted octanol–water partition coefficient (Wildman–Crippen LogP) is 7.29. The summed E-state index contributed by atoms with van der Waals surface area (Å²) < 4.78 is 26.7. The highest BCUT2D eigenvalue weighted by Crippen LogP contribution is 2.39. The lowest BCUT2D eigenvalue weighted by atomic mass is 9.88. The summed E-state index contributed by atoms with van der Waals surface area (Å²) in [6.45, 7) is 0. The van der Waals surface area contributed by atoms with Gasteiger partial charge in [0.2, 0.25) is 0 Å². The van der Waals surface area contributed by atoms with Gasteiger partial charge in [-0.05, 0) is 50.2 Å². The highest BCUT2D eigenvalue weighted by atomic mass is 32.2. The van der Waals surface area contributed by atoms with E-state index in [1.54, 1.807) is 0 Å². The first-order valence-corrected chi connectivity index (χ1v) is 12.8. The van der Waals surface area contributed by atoms with Crippen LogP contribution in [0.3, 0.4) is 0 Å². The van der Waals surface area contributed by atoms with Gasteiger partial charge in [0.1, 0.15) is 0 Å². The molecule has 0 heterocycles. The van der Waals surface area contributed by atoms with E-state index < -0.39 is 9.84 Å². The molecule has 0 aromatic heterocycles. The Balaban J connectivity index is 1.72. The minimum absolute atomic E-state index is 0.0171. The quantitative estimate of drug-likeness (QED) is 0.273. The summed E-state index contributed by atoms with van der Waals surface area (Å²) in [5, 5.41) is 2.18. The molecule has 0 aliphatic heterocycles. The van der Waals surface area contributed by atoms with Crippen LogP contribution >= 0.6 is 0 Å². The molecule has 0 unspecified atom stereocenters. The molecule has 0 fully saturated rings. The van der Waals surface area contributed by atoms with Crippen molar-refractivity contribution in [2.45, 2.75) is 11.5 Å². The Bertz CT molecular complexity index is 1490. The molecule has 0 saturated carbocycles. The third-order valence-electron chi connectivity index (χ3n) is 5.88. The van der Waals surface area contributed by atoms with Crippen LogP contribution < -0.4 is 0 Å². The summed E-state index contributed by atoms with van der Waals surface area (Å²) in [5.74, 6) is 0.00631. The summed E-state index contributed by atoms with van der Waals surface area (Å²) >= 11 is 0. The van der Waals surface area contributed by atoms with Gasteiger partial charge in [0.25, 0.3) is 0 Å². The second kappa shape index (κ2) is 9.05. The lowest BCUT2D eigenvalue weighted by Crippen LogP contribution is -2.09. The largest absolute Gasteiger partial charge is 0.228 e. The van der Waals surface area contributed by atoms with Crippen LogP contribution in [-0.2, 0) is 21.3 Å². The Morgan fingerprint density at radius 2 is 1.03 bits per heavy atom. The molecule has 0 amide bonds. The molecule has 5 aromatic rings. The molecule has 0 spiro atoms. The second-order valence-electron chi connectivity index (χ2n) is 8.25. The van der Waals surface area contributed by atoms with Gasteiger partial charge >= 0.3 is 0 Å². The number of hydrogen-bond acceptors (Lipinski definition) is 2. The number of hydrogen-bond donors (Lipinski definition) is 0. The molecule has 0 N–H and O–H groups in total. The van der Waals surface area contributed by atoms with Crippen molar-refractivity contribution in [3.8, 4) is 22.3 Å². The number of fused-ring (bicyclic) bond motifs is 1. The van der Waals surface area contributed by atoms with Crippen molar-refractivity contribution in [2.75, 3.05) is 0 Å². The van der Waals surface area contributed by atoms with E-state index in [9.17, 15) is 8.42 Å². The Hall–Kier alpha value is -3.69. The Morgan fingerprint density at radius 3 is 1.67 bits per heavy atom. The van der Waals surface area contributed by atoms with E-state index in [1.165, 1.54) is 0 Å². The SMILES string of the molecule is O=S(=O)(Cc1ccccc1)Cc1cc(-c2ccccc2)c2ccccc2c1-c1ccccc1. The molecule has 2 nitrogen and oxygen atoms in total. The minimum Gasteiger partial charge on any atom is -0.228 e. The maximum absolute atomic E-state index is 13.3. The minimum atomic E-state index is -3.39. The molecule has 33 heavy (non-hydrogen) atoms. The smallest absolute Gasteiger partial charge is 0.158 e. The molecule has 0 aliphatic carbocycles. The monoisotopic (exact) mass is 448 g/mol. The Labute approximate surface area is 195 Å². The van der Waals surface area contributed by atoms with Gasteiger partial charge in [0.05, 0.1) is 11.5 Å². The van der Waals surface area contributed by atoms with Gasteiger partial charge in [0.15, 0.2) is 9.84 Å². The van der Waals surface area contributed by atoms with Gasteiger partial charge in [0, 0.05) is 0 Å². The van der Waals surface area contributed by atoms with Crippen molar-refractivity contribution in [3.05, 3.63) is 132 Å². The molecule has 3 heteroatoms. The molecule has 5 rings (SSSR count). The summed E-state index contributed by atoms with van der Waals surface area (Å²) in [5.41, 5.74) is 5.78. The average Bonchev–Trinajstić information content (AvgIpc) is 2.84. The molecule has 162 valence electrons. The molecular formula is C30H24O2S. The van der Waals surface area contributed by atoms with E-state index in [4.69, 9.17) is 0 Å². The molecular weight excluding hydrogens is 424 g/mol. The van der Waals surface area contributed by atoms with E-state index in [2.05, 4.69) is 42.5 Å². The lowest BCUT2D eigenvalue weighted by molar-refractivity contribution is 0.594. The van der Waals surface area contributed by atoms with Gasteiger partial charge in [-0.2, -0.15) is 0 Å². The summed E-state index contributed by atoms with van der Waals surface area (Å²) in [7, 11) is -3.39. The van der Waals surface area contributed by atoms with E-state index in [0.29, 0.717) is 0 Å². The number of rotatable bonds is 6. The standard InChI is InChI=1S/C30H24O2S/c31-33(32,21-23-12-4-1-5-13-23)22-26-20-29(24-14-6-2-7-15-24)27-18-10-11-19-28(27)30(26)25-16-8-3-9-17-25/h1-20H,21-22H2. The normalized spacial score (nSPS) is 11.5. The van der Waals surface area contributed by atoms with Crippen LogP contribution in [0.2, 0.25) is 0 Å². The third-order valence-corrected chi connectivity index (χ3v) is 7.40. The third kappa shape index (κ3) is 4.59. The van der Waals surface area contributed by atoms with Crippen LogP contribution in [0, 0.1) is 0 Å². The van der Waals surface area contributed by atoms with E-state index in [1.807, 2.05) is 78.9 Å².